The maximum Gasteiger partial charge on any atom is 0.241 e. The molecule has 3 nitrogen and oxygen atoms in total. The maximum absolute atomic E-state index is 13.5. The summed E-state index contributed by atoms with van der Waals surface area (Å²) in [5.41, 5.74) is 0.376. The molecule has 5 heteroatoms. The largest absolute Gasteiger partial charge is 0.353 e. The number of halogens is 2. The van der Waals surface area contributed by atoms with Gasteiger partial charge in [-0.3, -0.25) is 4.79 Å². The third-order valence-corrected chi connectivity index (χ3v) is 2.80. The van der Waals surface area contributed by atoms with Crippen LogP contribution in [0.3, 0.4) is 0 Å². The SMILES string of the molecule is O=C1NCCNC1c1cc(Br)ccc1F. The average molecular weight is 273 g/mol. The Morgan fingerprint density at radius 1 is 1.40 bits per heavy atom. The lowest BCUT2D eigenvalue weighted by Gasteiger charge is -2.24. The fraction of sp³-hybridized carbons (Fsp3) is 0.300. The van der Waals surface area contributed by atoms with E-state index in [1.165, 1.54) is 6.07 Å². The highest BCUT2D eigenvalue weighted by atomic mass is 79.9. The molecule has 1 saturated heterocycles. The third-order valence-electron chi connectivity index (χ3n) is 2.30. The molecule has 0 spiro atoms. The van der Waals surface area contributed by atoms with Gasteiger partial charge in [0.2, 0.25) is 5.91 Å². The number of carbonyl (C=O) groups is 1. The summed E-state index contributed by atoms with van der Waals surface area (Å²) < 4.78 is 14.2. The van der Waals surface area contributed by atoms with Gasteiger partial charge in [-0.15, -0.1) is 0 Å². The number of nitrogens with one attached hydrogen (secondary N) is 2. The van der Waals surface area contributed by atoms with E-state index in [0.29, 0.717) is 18.7 Å². The van der Waals surface area contributed by atoms with Gasteiger partial charge in [0.1, 0.15) is 11.9 Å². The fourth-order valence-electron chi connectivity index (χ4n) is 1.58. The van der Waals surface area contributed by atoms with E-state index in [-0.39, 0.29) is 11.7 Å². The minimum Gasteiger partial charge on any atom is -0.353 e. The minimum atomic E-state index is -0.587. The number of hydrogen-bond donors (Lipinski definition) is 2. The molecule has 80 valence electrons. The van der Waals surface area contributed by atoms with Crippen LogP contribution < -0.4 is 10.6 Å². The number of piperazine rings is 1. The van der Waals surface area contributed by atoms with Gasteiger partial charge in [-0.1, -0.05) is 15.9 Å². The molecule has 1 aromatic rings. The standard InChI is InChI=1S/C10H10BrFN2O/c11-6-1-2-8(12)7(5-6)9-10(15)14-4-3-13-9/h1-2,5,9,13H,3-4H2,(H,14,15). The van der Waals surface area contributed by atoms with Crippen molar-refractivity contribution in [3.05, 3.63) is 34.1 Å². The molecule has 1 amide bonds. The highest BCUT2D eigenvalue weighted by molar-refractivity contribution is 9.10. The van der Waals surface area contributed by atoms with Gasteiger partial charge >= 0.3 is 0 Å². The Kier molecular flexibility index (Phi) is 3.02. The van der Waals surface area contributed by atoms with E-state index in [4.69, 9.17) is 0 Å². The molecular formula is C10H10BrFN2O. The van der Waals surface area contributed by atoms with Crippen LogP contribution in [0.2, 0.25) is 0 Å². The molecule has 0 radical (unpaired) electrons. The van der Waals surface area contributed by atoms with Crippen molar-refractivity contribution in [1.29, 1.82) is 0 Å². The first-order chi connectivity index (χ1) is 7.18. The van der Waals surface area contributed by atoms with Crippen LogP contribution >= 0.6 is 15.9 Å². The number of rotatable bonds is 1. The molecule has 1 aromatic carbocycles. The Hall–Kier alpha value is -0.940. The van der Waals surface area contributed by atoms with Crippen molar-refractivity contribution < 1.29 is 9.18 Å². The van der Waals surface area contributed by atoms with Crippen molar-refractivity contribution in [2.75, 3.05) is 13.1 Å². The number of benzene rings is 1. The van der Waals surface area contributed by atoms with Gasteiger partial charge in [0.15, 0.2) is 0 Å². The highest BCUT2D eigenvalue weighted by Crippen LogP contribution is 2.22. The van der Waals surface area contributed by atoms with Crippen molar-refractivity contribution in [3.8, 4) is 0 Å². The summed E-state index contributed by atoms with van der Waals surface area (Å²) in [5, 5.41) is 5.67. The minimum absolute atomic E-state index is 0.182. The zero-order valence-corrected chi connectivity index (χ0v) is 9.47. The van der Waals surface area contributed by atoms with Crippen LogP contribution in [0.4, 0.5) is 4.39 Å². The van der Waals surface area contributed by atoms with Gasteiger partial charge in [-0.2, -0.15) is 0 Å². The fourth-order valence-corrected chi connectivity index (χ4v) is 1.96. The molecule has 0 aliphatic carbocycles. The van der Waals surface area contributed by atoms with E-state index in [2.05, 4.69) is 26.6 Å². The smallest absolute Gasteiger partial charge is 0.241 e. The Morgan fingerprint density at radius 2 is 2.20 bits per heavy atom. The van der Waals surface area contributed by atoms with Gasteiger partial charge in [0.05, 0.1) is 0 Å². The summed E-state index contributed by atoms with van der Waals surface area (Å²) in [6.07, 6.45) is 0. The summed E-state index contributed by atoms with van der Waals surface area (Å²) in [6.45, 7) is 1.24. The summed E-state index contributed by atoms with van der Waals surface area (Å²) in [6, 6.07) is 4.00. The Balaban J connectivity index is 2.34. The van der Waals surface area contributed by atoms with Gasteiger partial charge in [-0.25, -0.2) is 4.39 Å². The predicted molar refractivity (Wildman–Crippen MR) is 57.9 cm³/mol. The predicted octanol–water partition coefficient (Wildman–Crippen LogP) is 1.35. The summed E-state index contributed by atoms with van der Waals surface area (Å²) >= 11 is 3.26. The van der Waals surface area contributed by atoms with Crippen LogP contribution in [0.25, 0.3) is 0 Å². The molecule has 2 rings (SSSR count). The van der Waals surface area contributed by atoms with E-state index >= 15 is 0 Å². The molecule has 1 aliphatic rings. The van der Waals surface area contributed by atoms with Gasteiger partial charge in [-0.05, 0) is 18.2 Å². The van der Waals surface area contributed by atoms with Gasteiger partial charge < -0.3 is 10.6 Å². The molecule has 1 atom stereocenters. The number of hydrogen-bond acceptors (Lipinski definition) is 2. The number of carbonyl (C=O) groups excluding carboxylic acids is 1. The van der Waals surface area contributed by atoms with E-state index in [1.807, 2.05) is 0 Å². The number of amides is 1. The van der Waals surface area contributed by atoms with E-state index in [1.54, 1.807) is 12.1 Å². The summed E-state index contributed by atoms with van der Waals surface area (Å²) in [4.78, 5) is 11.5. The summed E-state index contributed by atoms with van der Waals surface area (Å²) in [7, 11) is 0. The quantitative estimate of drug-likeness (QED) is 0.811. The lowest BCUT2D eigenvalue weighted by atomic mass is 10.0. The van der Waals surface area contributed by atoms with Crippen LogP contribution in [0.5, 0.6) is 0 Å². The van der Waals surface area contributed by atoms with Crippen molar-refractivity contribution in [2.45, 2.75) is 6.04 Å². The Labute approximate surface area is 95.2 Å². The molecule has 1 fully saturated rings. The molecule has 1 aliphatic heterocycles. The van der Waals surface area contributed by atoms with Gasteiger partial charge in [0.25, 0.3) is 0 Å². The average Bonchev–Trinajstić information content (AvgIpc) is 2.23. The van der Waals surface area contributed by atoms with Crippen LogP contribution in [-0.2, 0) is 4.79 Å². The van der Waals surface area contributed by atoms with Crippen LogP contribution in [0.1, 0.15) is 11.6 Å². The third kappa shape index (κ3) is 2.18. The second kappa shape index (κ2) is 4.28. The monoisotopic (exact) mass is 272 g/mol. The molecular weight excluding hydrogens is 263 g/mol. The van der Waals surface area contributed by atoms with E-state index in [9.17, 15) is 9.18 Å². The van der Waals surface area contributed by atoms with Gasteiger partial charge in [0, 0.05) is 23.1 Å². The van der Waals surface area contributed by atoms with Crippen LogP contribution in [-0.4, -0.2) is 19.0 Å². The molecule has 0 saturated carbocycles. The molecule has 0 aromatic heterocycles. The van der Waals surface area contributed by atoms with Crippen molar-refractivity contribution >= 4 is 21.8 Å². The lowest BCUT2D eigenvalue weighted by Crippen LogP contribution is -2.47. The normalized spacial score (nSPS) is 21.2. The summed E-state index contributed by atoms with van der Waals surface area (Å²) in [5.74, 6) is -0.550. The Morgan fingerprint density at radius 3 is 2.93 bits per heavy atom. The van der Waals surface area contributed by atoms with Crippen LogP contribution in [0.15, 0.2) is 22.7 Å². The van der Waals surface area contributed by atoms with E-state index in [0.717, 1.165) is 4.47 Å². The lowest BCUT2D eigenvalue weighted by molar-refractivity contribution is -0.124. The van der Waals surface area contributed by atoms with Crippen molar-refractivity contribution in [2.24, 2.45) is 0 Å². The zero-order chi connectivity index (χ0) is 10.8. The van der Waals surface area contributed by atoms with Crippen molar-refractivity contribution in [3.63, 3.8) is 0 Å². The molecule has 15 heavy (non-hydrogen) atoms. The second-order valence-corrected chi connectivity index (χ2v) is 4.26. The van der Waals surface area contributed by atoms with Crippen molar-refractivity contribution in [1.82, 2.24) is 10.6 Å². The zero-order valence-electron chi connectivity index (χ0n) is 7.89. The first-order valence-electron chi connectivity index (χ1n) is 4.64. The molecule has 1 heterocycles. The second-order valence-electron chi connectivity index (χ2n) is 3.34. The Bertz CT molecular complexity index is 397. The molecule has 1 unspecified atom stereocenters. The molecule has 0 bridgehead atoms. The van der Waals surface area contributed by atoms with E-state index < -0.39 is 6.04 Å². The maximum atomic E-state index is 13.5. The first-order valence-corrected chi connectivity index (χ1v) is 5.44. The highest BCUT2D eigenvalue weighted by Gasteiger charge is 2.25. The first kappa shape index (κ1) is 10.6. The topological polar surface area (TPSA) is 41.1 Å². The van der Waals surface area contributed by atoms with Crippen LogP contribution in [0, 0.1) is 5.82 Å². The molecule has 2 N–H and O–H groups in total.